The van der Waals surface area contributed by atoms with Crippen LogP contribution in [0.25, 0.3) is 0 Å². The van der Waals surface area contributed by atoms with Crippen LogP contribution in [0, 0.1) is 5.41 Å². The third kappa shape index (κ3) is 4.81. The molecule has 0 atom stereocenters. The molecule has 0 spiro atoms. The predicted octanol–water partition coefficient (Wildman–Crippen LogP) is 3.33. The molecule has 0 fully saturated rings. The van der Waals surface area contributed by atoms with Crippen molar-refractivity contribution in [2.75, 3.05) is 13.2 Å². The highest BCUT2D eigenvalue weighted by Gasteiger charge is 2.13. The molecule has 0 saturated carbocycles. The summed E-state index contributed by atoms with van der Waals surface area (Å²) < 4.78 is 11.4. The zero-order valence-corrected chi connectivity index (χ0v) is 11.9. The molecule has 1 rings (SSSR count). The summed E-state index contributed by atoms with van der Waals surface area (Å²) in [6, 6.07) is 5.53. The topological polar surface area (TPSA) is 68.3 Å². The fourth-order valence-electron chi connectivity index (χ4n) is 1.67. The fraction of sp³-hybridized carbons (Fsp3) is 0.533. The zero-order valence-electron chi connectivity index (χ0n) is 11.9. The van der Waals surface area contributed by atoms with Gasteiger partial charge >= 0.3 is 0 Å². The van der Waals surface area contributed by atoms with Crippen LogP contribution in [-0.4, -0.2) is 19.0 Å². The van der Waals surface area contributed by atoms with Crippen molar-refractivity contribution in [2.24, 2.45) is 5.73 Å². The van der Waals surface area contributed by atoms with Crippen LogP contribution in [0.1, 0.15) is 45.1 Å². The van der Waals surface area contributed by atoms with Gasteiger partial charge in [0.1, 0.15) is 22.9 Å². The number of amidine groups is 1. The summed E-state index contributed by atoms with van der Waals surface area (Å²) in [7, 11) is 0. The van der Waals surface area contributed by atoms with E-state index in [9.17, 15) is 0 Å². The lowest BCUT2D eigenvalue weighted by Crippen LogP contribution is -2.15. The first-order valence-electron chi connectivity index (χ1n) is 6.93. The van der Waals surface area contributed by atoms with Gasteiger partial charge in [-0.3, -0.25) is 5.41 Å². The van der Waals surface area contributed by atoms with Gasteiger partial charge in [0, 0.05) is 0 Å². The lowest BCUT2D eigenvalue weighted by atomic mass is 10.1. The summed E-state index contributed by atoms with van der Waals surface area (Å²) in [6.07, 6.45) is 4.11. The first kappa shape index (κ1) is 15.3. The Morgan fingerprint density at radius 1 is 1.05 bits per heavy atom. The summed E-state index contributed by atoms with van der Waals surface area (Å²) in [5, 5.41) is 7.70. The lowest BCUT2D eigenvalue weighted by molar-refractivity contribution is 0.293. The van der Waals surface area contributed by atoms with Crippen molar-refractivity contribution in [1.29, 1.82) is 5.41 Å². The van der Waals surface area contributed by atoms with Crippen molar-refractivity contribution < 1.29 is 9.47 Å². The maximum Gasteiger partial charge on any atom is 0.133 e. The Morgan fingerprint density at radius 3 is 1.89 bits per heavy atom. The van der Waals surface area contributed by atoms with Gasteiger partial charge in [0.2, 0.25) is 0 Å². The number of unbranched alkanes of at least 4 members (excludes halogenated alkanes) is 2. The van der Waals surface area contributed by atoms with Gasteiger partial charge in [0.05, 0.1) is 13.2 Å². The Labute approximate surface area is 115 Å². The molecule has 0 aliphatic carbocycles. The van der Waals surface area contributed by atoms with Crippen LogP contribution in [0.5, 0.6) is 11.5 Å². The van der Waals surface area contributed by atoms with E-state index in [0.29, 0.717) is 30.3 Å². The maximum atomic E-state index is 7.70. The molecule has 4 nitrogen and oxygen atoms in total. The Hall–Kier alpha value is -1.71. The van der Waals surface area contributed by atoms with Crippen LogP contribution < -0.4 is 15.2 Å². The predicted molar refractivity (Wildman–Crippen MR) is 78.3 cm³/mol. The number of hydrogen-bond acceptors (Lipinski definition) is 3. The second-order valence-electron chi connectivity index (χ2n) is 4.45. The van der Waals surface area contributed by atoms with E-state index in [-0.39, 0.29) is 5.84 Å². The Balaban J connectivity index is 2.84. The number of benzene rings is 1. The molecule has 1 aromatic rings. The highest BCUT2D eigenvalue weighted by atomic mass is 16.5. The van der Waals surface area contributed by atoms with Gasteiger partial charge in [0.25, 0.3) is 0 Å². The van der Waals surface area contributed by atoms with E-state index in [0.717, 1.165) is 25.7 Å². The van der Waals surface area contributed by atoms with Crippen LogP contribution in [0.4, 0.5) is 0 Å². The van der Waals surface area contributed by atoms with Crippen molar-refractivity contribution in [1.82, 2.24) is 0 Å². The Kier molecular flexibility index (Phi) is 6.79. The second kappa shape index (κ2) is 8.40. The molecule has 1 aromatic carbocycles. The number of hydrogen-bond donors (Lipinski definition) is 2. The van der Waals surface area contributed by atoms with Crippen molar-refractivity contribution >= 4 is 5.84 Å². The molecular weight excluding hydrogens is 240 g/mol. The van der Waals surface area contributed by atoms with E-state index in [4.69, 9.17) is 20.6 Å². The number of ether oxygens (including phenoxy) is 2. The maximum absolute atomic E-state index is 7.70. The average Bonchev–Trinajstić information content (AvgIpc) is 2.39. The molecule has 0 aliphatic rings. The summed E-state index contributed by atoms with van der Waals surface area (Å²) in [5.41, 5.74) is 6.21. The minimum Gasteiger partial charge on any atom is -0.493 e. The lowest BCUT2D eigenvalue weighted by Gasteiger charge is -2.15. The fourth-order valence-corrected chi connectivity index (χ4v) is 1.67. The molecule has 4 heteroatoms. The summed E-state index contributed by atoms with van der Waals surface area (Å²) in [4.78, 5) is 0. The van der Waals surface area contributed by atoms with Gasteiger partial charge in [-0.05, 0) is 25.0 Å². The van der Waals surface area contributed by atoms with Gasteiger partial charge in [0.15, 0.2) is 0 Å². The summed E-state index contributed by atoms with van der Waals surface area (Å²) in [5.74, 6) is 1.25. The highest BCUT2D eigenvalue weighted by molar-refractivity contribution is 6.00. The number of rotatable bonds is 9. The number of nitrogens with one attached hydrogen (secondary N) is 1. The molecule has 0 amide bonds. The van der Waals surface area contributed by atoms with E-state index in [2.05, 4.69) is 13.8 Å². The Bertz CT molecular complexity index is 377. The zero-order chi connectivity index (χ0) is 14.1. The van der Waals surface area contributed by atoms with Gasteiger partial charge in [-0.1, -0.05) is 32.8 Å². The monoisotopic (exact) mass is 264 g/mol. The van der Waals surface area contributed by atoms with Crippen molar-refractivity contribution in [3.8, 4) is 11.5 Å². The van der Waals surface area contributed by atoms with Crippen LogP contribution in [0.15, 0.2) is 18.2 Å². The molecule has 19 heavy (non-hydrogen) atoms. The number of nitrogen functional groups attached to an aromatic ring is 1. The van der Waals surface area contributed by atoms with Gasteiger partial charge < -0.3 is 15.2 Å². The van der Waals surface area contributed by atoms with Crippen LogP contribution >= 0.6 is 0 Å². The number of nitrogens with two attached hydrogens (primary N) is 1. The Morgan fingerprint density at radius 2 is 1.53 bits per heavy atom. The van der Waals surface area contributed by atoms with Crippen LogP contribution in [0.2, 0.25) is 0 Å². The smallest absolute Gasteiger partial charge is 0.133 e. The SMILES string of the molecule is CCCCOc1cccc(OCCCC)c1C(=N)N. The third-order valence-electron chi connectivity index (χ3n) is 2.77. The van der Waals surface area contributed by atoms with Gasteiger partial charge in [-0.2, -0.15) is 0 Å². The van der Waals surface area contributed by atoms with Gasteiger partial charge in [-0.15, -0.1) is 0 Å². The minimum absolute atomic E-state index is 0.0152. The van der Waals surface area contributed by atoms with E-state index < -0.39 is 0 Å². The molecule has 0 radical (unpaired) electrons. The minimum atomic E-state index is -0.0152. The van der Waals surface area contributed by atoms with Crippen molar-refractivity contribution in [2.45, 2.75) is 39.5 Å². The molecule has 0 unspecified atom stereocenters. The average molecular weight is 264 g/mol. The van der Waals surface area contributed by atoms with Crippen LogP contribution in [-0.2, 0) is 0 Å². The van der Waals surface area contributed by atoms with Crippen molar-refractivity contribution in [3.05, 3.63) is 23.8 Å². The largest absolute Gasteiger partial charge is 0.493 e. The third-order valence-corrected chi connectivity index (χ3v) is 2.77. The molecular formula is C15H24N2O2. The summed E-state index contributed by atoms with van der Waals surface area (Å²) >= 11 is 0. The highest BCUT2D eigenvalue weighted by Crippen LogP contribution is 2.28. The molecule has 0 aromatic heterocycles. The molecule has 3 N–H and O–H groups in total. The normalized spacial score (nSPS) is 10.2. The van der Waals surface area contributed by atoms with E-state index in [1.807, 2.05) is 18.2 Å². The first-order chi connectivity index (χ1) is 9.20. The van der Waals surface area contributed by atoms with E-state index in [1.165, 1.54) is 0 Å². The van der Waals surface area contributed by atoms with E-state index in [1.54, 1.807) is 0 Å². The first-order valence-corrected chi connectivity index (χ1v) is 6.93. The standard InChI is InChI=1S/C15H24N2O2/c1-3-5-10-18-12-8-7-9-13(14(12)15(16)17)19-11-6-4-2/h7-9H,3-6,10-11H2,1-2H3,(H3,16,17). The quantitative estimate of drug-likeness (QED) is 0.408. The summed E-state index contributed by atoms with van der Waals surface area (Å²) in [6.45, 7) is 5.49. The molecule has 0 bridgehead atoms. The van der Waals surface area contributed by atoms with Crippen LogP contribution in [0.3, 0.4) is 0 Å². The van der Waals surface area contributed by atoms with Gasteiger partial charge in [-0.25, -0.2) is 0 Å². The van der Waals surface area contributed by atoms with Crippen molar-refractivity contribution in [3.63, 3.8) is 0 Å². The molecule has 0 heterocycles. The van der Waals surface area contributed by atoms with E-state index >= 15 is 0 Å². The molecule has 106 valence electrons. The molecule has 0 aliphatic heterocycles. The second-order valence-corrected chi connectivity index (χ2v) is 4.45. The molecule has 0 saturated heterocycles.